The Morgan fingerprint density at radius 2 is 1.91 bits per heavy atom. The minimum atomic E-state index is -0.188. The van der Waals surface area contributed by atoms with E-state index >= 15 is 0 Å². The second-order valence-electron chi connectivity index (χ2n) is 5.29. The summed E-state index contributed by atoms with van der Waals surface area (Å²) >= 11 is 0. The lowest BCUT2D eigenvalue weighted by molar-refractivity contribution is -0.121. The van der Waals surface area contributed by atoms with Crippen molar-refractivity contribution in [3.8, 4) is 17.2 Å². The highest BCUT2D eigenvalue weighted by molar-refractivity contribution is 5.79. The summed E-state index contributed by atoms with van der Waals surface area (Å²) in [5.74, 6) is 2.10. The van der Waals surface area contributed by atoms with E-state index in [1.54, 1.807) is 7.11 Å². The molecule has 0 aliphatic carbocycles. The predicted octanol–water partition coefficient (Wildman–Crippen LogP) is 2.19. The Morgan fingerprint density at radius 1 is 1.17 bits per heavy atom. The molecular formula is C18H19NO4. The number of carbonyl (C=O) groups excluding carboxylic acids is 1. The molecule has 0 unspecified atom stereocenters. The summed E-state index contributed by atoms with van der Waals surface area (Å²) in [5.41, 5.74) is 0.860. The SMILES string of the molecule is COc1ccccc1CC(=O)NC[C@@H]1COc2ccccc2O1. The average molecular weight is 313 g/mol. The second-order valence-corrected chi connectivity index (χ2v) is 5.29. The van der Waals surface area contributed by atoms with Crippen LogP contribution in [0.4, 0.5) is 0 Å². The van der Waals surface area contributed by atoms with Crippen molar-refractivity contribution in [1.29, 1.82) is 0 Å². The fraction of sp³-hybridized carbons (Fsp3) is 0.278. The van der Waals surface area contributed by atoms with Gasteiger partial charge in [0.2, 0.25) is 5.91 Å². The van der Waals surface area contributed by atoms with E-state index in [1.165, 1.54) is 0 Å². The molecule has 1 aliphatic heterocycles. The number of nitrogens with one attached hydrogen (secondary N) is 1. The molecule has 23 heavy (non-hydrogen) atoms. The quantitative estimate of drug-likeness (QED) is 0.919. The van der Waals surface area contributed by atoms with E-state index in [9.17, 15) is 4.79 Å². The van der Waals surface area contributed by atoms with Gasteiger partial charge in [0.15, 0.2) is 11.5 Å². The molecule has 1 N–H and O–H groups in total. The van der Waals surface area contributed by atoms with Gasteiger partial charge < -0.3 is 19.5 Å². The number of hydrogen-bond acceptors (Lipinski definition) is 4. The Balaban J connectivity index is 1.52. The van der Waals surface area contributed by atoms with E-state index in [0.29, 0.717) is 24.7 Å². The lowest BCUT2D eigenvalue weighted by atomic mass is 10.1. The van der Waals surface area contributed by atoms with E-state index in [4.69, 9.17) is 14.2 Å². The molecule has 2 aromatic rings. The molecule has 0 saturated carbocycles. The van der Waals surface area contributed by atoms with Gasteiger partial charge in [-0.3, -0.25) is 4.79 Å². The monoisotopic (exact) mass is 313 g/mol. The molecule has 1 amide bonds. The van der Waals surface area contributed by atoms with E-state index < -0.39 is 0 Å². The third kappa shape index (κ3) is 3.74. The Labute approximate surface area is 135 Å². The lowest BCUT2D eigenvalue weighted by Gasteiger charge is -2.26. The number of ether oxygens (including phenoxy) is 3. The van der Waals surface area contributed by atoms with Crippen LogP contribution >= 0.6 is 0 Å². The third-order valence-corrected chi connectivity index (χ3v) is 3.64. The molecule has 0 fully saturated rings. The highest BCUT2D eigenvalue weighted by Crippen LogP contribution is 2.30. The summed E-state index contributed by atoms with van der Waals surface area (Å²) in [6.07, 6.45) is 0.0836. The van der Waals surface area contributed by atoms with Crippen LogP contribution in [0.15, 0.2) is 48.5 Å². The van der Waals surface area contributed by atoms with Gasteiger partial charge >= 0.3 is 0 Å². The van der Waals surface area contributed by atoms with Crippen molar-refractivity contribution in [2.75, 3.05) is 20.3 Å². The van der Waals surface area contributed by atoms with E-state index in [0.717, 1.165) is 11.3 Å². The average Bonchev–Trinajstić information content (AvgIpc) is 2.60. The first kappa shape index (κ1) is 15.2. The van der Waals surface area contributed by atoms with E-state index in [1.807, 2.05) is 48.5 Å². The Hall–Kier alpha value is -2.69. The number of amides is 1. The van der Waals surface area contributed by atoms with Gasteiger partial charge in [-0.05, 0) is 18.2 Å². The van der Waals surface area contributed by atoms with Gasteiger partial charge in [-0.2, -0.15) is 0 Å². The van der Waals surface area contributed by atoms with E-state index in [2.05, 4.69) is 5.32 Å². The first-order valence-electron chi connectivity index (χ1n) is 7.53. The lowest BCUT2D eigenvalue weighted by Crippen LogP contribution is -2.41. The molecule has 2 aromatic carbocycles. The molecule has 0 aromatic heterocycles. The molecule has 0 bridgehead atoms. The summed E-state index contributed by atoms with van der Waals surface area (Å²) in [6.45, 7) is 0.828. The van der Waals surface area contributed by atoms with Gasteiger partial charge in [-0.15, -0.1) is 0 Å². The van der Waals surface area contributed by atoms with Crippen molar-refractivity contribution in [2.24, 2.45) is 0 Å². The maximum Gasteiger partial charge on any atom is 0.224 e. The molecular weight excluding hydrogens is 294 g/mol. The van der Waals surface area contributed by atoms with Crippen LogP contribution in [0.5, 0.6) is 17.2 Å². The van der Waals surface area contributed by atoms with Crippen molar-refractivity contribution >= 4 is 5.91 Å². The van der Waals surface area contributed by atoms with Crippen molar-refractivity contribution in [2.45, 2.75) is 12.5 Å². The van der Waals surface area contributed by atoms with Crippen LogP contribution in [0.25, 0.3) is 0 Å². The number of carbonyl (C=O) groups is 1. The van der Waals surface area contributed by atoms with Gasteiger partial charge in [0.05, 0.1) is 20.1 Å². The van der Waals surface area contributed by atoms with Crippen molar-refractivity contribution in [3.05, 3.63) is 54.1 Å². The Kier molecular flexibility index (Phi) is 4.66. The van der Waals surface area contributed by atoms with Crippen molar-refractivity contribution in [3.63, 3.8) is 0 Å². The standard InChI is InChI=1S/C18H19NO4/c1-21-15-7-3-2-6-13(15)10-18(20)19-11-14-12-22-16-8-4-5-9-17(16)23-14/h2-9,14H,10-12H2,1H3,(H,19,20)/t14-/m1/s1. The van der Waals surface area contributed by atoms with Crippen molar-refractivity contribution < 1.29 is 19.0 Å². The smallest absolute Gasteiger partial charge is 0.224 e. The summed E-state index contributed by atoms with van der Waals surface area (Å²) in [7, 11) is 1.60. The Bertz CT molecular complexity index is 686. The van der Waals surface area contributed by atoms with Crippen molar-refractivity contribution in [1.82, 2.24) is 5.32 Å². The largest absolute Gasteiger partial charge is 0.496 e. The minimum absolute atomic E-state index is 0.0723. The number of fused-ring (bicyclic) bond motifs is 1. The topological polar surface area (TPSA) is 56.8 Å². The van der Waals surface area contributed by atoms with Gasteiger partial charge in [-0.1, -0.05) is 30.3 Å². The maximum atomic E-state index is 12.1. The van der Waals surface area contributed by atoms with Gasteiger partial charge in [0, 0.05) is 5.56 Å². The highest BCUT2D eigenvalue weighted by atomic mass is 16.6. The summed E-state index contributed by atoms with van der Waals surface area (Å²) in [5, 5.41) is 2.88. The van der Waals surface area contributed by atoms with Crippen LogP contribution < -0.4 is 19.5 Å². The fourth-order valence-corrected chi connectivity index (χ4v) is 2.48. The summed E-state index contributed by atoms with van der Waals surface area (Å²) in [4.78, 5) is 12.1. The predicted molar refractivity (Wildman–Crippen MR) is 86.1 cm³/mol. The molecule has 5 nitrogen and oxygen atoms in total. The zero-order valence-corrected chi connectivity index (χ0v) is 13.0. The summed E-state index contributed by atoms with van der Waals surface area (Å²) < 4.78 is 16.7. The minimum Gasteiger partial charge on any atom is -0.496 e. The molecule has 1 heterocycles. The normalized spacial score (nSPS) is 15.8. The molecule has 5 heteroatoms. The number of para-hydroxylation sites is 3. The number of methoxy groups -OCH3 is 1. The molecule has 0 radical (unpaired) electrons. The first-order valence-corrected chi connectivity index (χ1v) is 7.53. The first-order chi connectivity index (χ1) is 11.3. The highest BCUT2D eigenvalue weighted by Gasteiger charge is 2.21. The molecule has 1 aliphatic rings. The molecule has 120 valence electrons. The van der Waals surface area contributed by atoms with Gasteiger partial charge in [0.25, 0.3) is 0 Å². The number of rotatable bonds is 5. The maximum absolute atomic E-state index is 12.1. The molecule has 1 atom stereocenters. The zero-order chi connectivity index (χ0) is 16.1. The van der Waals surface area contributed by atoms with Crippen LogP contribution in [0, 0.1) is 0 Å². The number of benzene rings is 2. The second kappa shape index (κ2) is 7.05. The zero-order valence-electron chi connectivity index (χ0n) is 13.0. The van der Waals surface area contributed by atoms with Crippen LogP contribution in [0.1, 0.15) is 5.56 Å². The summed E-state index contributed by atoms with van der Waals surface area (Å²) in [6, 6.07) is 15.0. The fourth-order valence-electron chi connectivity index (χ4n) is 2.48. The molecule has 0 spiro atoms. The van der Waals surface area contributed by atoms with Crippen LogP contribution in [0.3, 0.4) is 0 Å². The van der Waals surface area contributed by atoms with Crippen LogP contribution in [-0.4, -0.2) is 32.3 Å². The number of hydrogen-bond donors (Lipinski definition) is 1. The Morgan fingerprint density at radius 3 is 2.74 bits per heavy atom. The molecule has 0 saturated heterocycles. The van der Waals surface area contributed by atoms with Gasteiger partial charge in [-0.25, -0.2) is 0 Å². The van der Waals surface area contributed by atoms with E-state index in [-0.39, 0.29) is 18.4 Å². The molecule has 3 rings (SSSR count). The van der Waals surface area contributed by atoms with Crippen LogP contribution in [-0.2, 0) is 11.2 Å². The van der Waals surface area contributed by atoms with Gasteiger partial charge in [0.1, 0.15) is 18.5 Å². The third-order valence-electron chi connectivity index (χ3n) is 3.64. The van der Waals surface area contributed by atoms with Crippen LogP contribution in [0.2, 0.25) is 0 Å².